The minimum Gasteiger partial charge on any atom is -0.464 e. The van der Waals surface area contributed by atoms with Gasteiger partial charge in [0.25, 0.3) is 5.69 Å². The second-order valence-electron chi connectivity index (χ2n) is 7.63. The average molecular weight is 454 g/mol. The number of rotatable bonds is 3. The largest absolute Gasteiger partial charge is 0.464 e. The molecule has 0 aliphatic carbocycles. The predicted octanol–water partition coefficient (Wildman–Crippen LogP) is 6.45. The van der Waals surface area contributed by atoms with Gasteiger partial charge in [-0.15, -0.1) is 0 Å². The van der Waals surface area contributed by atoms with Crippen LogP contribution in [-0.4, -0.2) is 15.6 Å². The highest BCUT2D eigenvalue weighted by Gasteiger charge is 2.41. The maximum absolute atomic E-state index is 11.4. The second-order valence-corrected chi connectivity index (χ2v) is 8.48. The molecule has 3 aromatic rings. The molecule has 5 rings (SSSR count). The number of fused-ring (bicyclic) bond motifs is 3. The quantitative estimate of drug-likeness (QED) is 0.337. The molecule has 2 heterocycles. The minimum absolute atomic E-state index is 0.0820. The molecule has 0 unspecified atom stereocenters. The Balaban J connectivity index is 1.61. The first-order chi connectivity index (χ1) is 14.9. The summed E-state index contributed by atoms with van der Waals surface area (Å²) < 4.78 is 6.26. The molecule has 0 bridgehead atoms. The van der Waals surface area contributed by atoms with Crippen molar-refractivity contribution in [2.45, 2.75) is 25.6 Å². The lowest BCUT2D eigenvalue weighted by molar-refractivity contribution is -0.384. The van der Waals surface area contributed by atoms with E-state index in [-0.39, 0.29) is 16.8 Å². The Morgan fingerprint density at radius 1 is 1.10 bits per heavy atom. The maximum Gasteiger partial charge on any atom is 0.288 e. The van der Waals surface area contributed by atoms with Gasteiger partial charge in [-0.3, -0.25) is 10.1 Å². The topological polar surface area (TPSA) is 68.0 Å². The molecule has 0 saturated heterocycles. The van der Waals surface area contributed by atoms with Crippen LogP contribution in [0, 0.1) is 17.0 Å². The molecular formula is C23H17Cl2N3O3. The molecule has 6 nitrogen and oxygen atoms in total. The molecule has 3 aromatic carbocycles. The Bertz CT molecular complexity index is 1230. The second kappa shape index (κ2) is 7.55. The van der Waals surface area contributed by atoms with Crippen molar-refractivity contribution in [3.63, 3.8) is 0 Å². The van der Waals surface area contributed by atoms with Gasteiger partial charge in [-0.25, -0.2) is 5.01 Å². The molecule has 0 spiro atoms. The van der Waals surface area contributed by atoms with Gasteiger partial charge < -0.3 is 4.74 Å². The Labute approximate surface area is 188 Å². The van der Waals surface area contributed by atoms with E-state index in [1.165, 1.54) is 17.7 Å². The van der Waals surface area contributed by atoms with Gasteiger partial charge in [-0.1, -0.05) is 59.1 Å². The van der Waals surface area contributed by atoms with Crippen LogP contribution in [0.15, 0.2) is 65.8 Å². The van der Waals surface area contributed by atoms with Crippen molar-refractivity contribution in [1.29, 1.82) is 0 Å². The first-order valence-electron chi connectivity index (χ1n) is 9.73. The van der Waals surface area contributed by atoms with E-state index in [9.17, 15) is 10.1 Å². The summed E-state index contributed by atoms with van der Waals surface area (Å²) in [7, 11) is 0. The van der Waals surface area contributed by atoms with E-state index >= 15 is 0 Å². The van der Waals surface area contributed by atoms with Crippen molar-refractivity contribution in [2.24, 2.45) is 5.10 Å². The van der Waals surface area contributed by atoms with Crippen molar-refractivity contribution in [1.82, 2.24) is 5.01 Å². The third-order valence-corrected chi connectivity index (χ3v) is 6.14. The fourth-order valence-corrected chi connectivity index (χ4v) is 4.39. The molecule has 2 atom stereocenters. The Hall–Kier alpha value is -3.09. The van der Waals surface area contributed by atoms with E-state index in [1.54, 1.807) is 12.1 Å². The Morgan fingerprint density at radius 3 is 2.61 bits per heavy atom. The molecule has 0 N–H and O–H groups in total. The van der Waals surface area contributed by atoms with E-state index in [1.807, 2.05) is 24.1 Å². The van der Waals surface area contributed by atoms with Crippen molar-refractivity contribution in [3.8, 4) is 5.75 Å². The number of nitro benzene ring substituents is 1. The summed E-state index contributed by atoms with van der Waals surface area (Å²) in [5, 5.41) is 18.8. The molecule has 156 valence electrons. The number of ether oxygens (including phenoxy) is 1. The van der Waals surface area contributed by atoms with Gasteiger partial charge in [0.2, 0.25) is 6.23 Å². The summed E-state index contributed by atoms with van der Waals surface area (Å²) in [6.07, 6.45) is 0.0453. The Morgan fingerprint density at radius 2 is 1.87 bits per heavy atom. The number of halogens is 2. The predicted molar refractivity (Wildman–Crippen MR) is 120 cm³/mol. The molecule has 0 saturated carbocycles. The summed E-state index contributed by atoms with van der Waals surface area (Å²) in [6, 6.07) is 18.3. The SMILES string of the molecule is Cc1ccc(C2=NN3[C@@H](C2)c2cc(Cl)ccc2O[C@H]3c2ccc(Cl)c([N+](=O)[O-])c2)cc1. The molecule has 0 aromatic heterocycles. The zero-order valence-corrected chi connectivity index (χ0v) is 18.0. The van der Waals surface area contributed by atoms with Gasteiger partial charge in [-0.2, -0.15) is 5.10 Å². The summed E-state index contributed by atoms with van der Waals surface area (Å²) in [4.78, 5) is 10.9. The maximum atomic E-state index is 11.4. The monoisotopic (exact) mass is 453 g/mol. The average Bonchev–Trinajstić information content (AvgIpc) is 3.20. The standard InChI is InChI=1S/C23H17Cl2N3O3/c1-13-2-4-14(5-3-13)19-12-20-17-11-16(24)7-9-22(17)31-23(27(20)26-19)15-6-8-18(25)21(10-15)28(29)30/h2-11,20,23H,12H2,1H3/t20-,23-/m0/s1. The third-order valence-electron chi connectivity index (χ3n) is 5.59. The van der Waals surface area contributed by atoms with Crippen molar-refractivity contribution in [3.05, 3.63) is 103 Å². The van der Waals surface area contributed by atoms with E-state index in [0.717, 1.165) is 16.8 Å². The van der Waals surface area contributed by atoms with E-state index in [2.05, 4.69) is 24.3 Å². The molecule has 31 heavy (non-hydrogen) atoms. The van der Waals surface area contributed by atoms with Gasteiger partial charge in [0.1, 0.15) is 10.8 Å². The van der Waals surface area contributed by atoms with Crippen molar-refractivity contribution in [2.75, 3.05) is 0 Å². The van der Waals surface area contributed by atoms with Crippen LogP contribution < -0.4 is 4.74 Å². The van der Waals surface area contributed by atoms with E-state index in [4.69, 9.17) is 33.0 Å². The normalized spacial score (nSPS) is 19.3. The molecule has 0 amide bonds. The number of benzene rings is 3. The van der Waals surface area contributed by atoms with Gasteiger partial charge in [0.15, 0.2) is 0 Å². The van der Waals surface area contributed by atoms with Crippen LogP contribution in [0.1, 0.15) is 40.9 Å². The molecule has 0 radical (unpaired) electrons. The van der Waals surface area contributed by atoms with Crippen LogP contribution in [0.3, 0.4) is 0 Å². The van der Waals surface area contributed by atoms with Crippen LogP contribution in [0.2, 0.25) is 10.0 Å². The molecule has 8 heteroatoms. The van der Waals surface area contributed by atoms with Crippen LogP contribution >= 0.6 is 23.2 Å². The first-order valence-corrected chi connectivity index (χ1v) is 10.5. The number of nitrogens with zero attached hydrogens (tertiary/aromatic N) is 3. The number of hydrazone groups is 1. The highest BCUT2D eigenvalue weighted by atomic mass is 35.5. The zero-order chi connectivity index (χ0) is 21.7. The molecule has 2 aliphatic rings. The first kappa shape index (κ1) is 19.8. The summed E-state index contributed by atoms with van der Waals surface area (Å²) >= 11 is 12.3. The molecule has 0 fully saturated rings. The van der Waals surface area contributed by atoms with Gasteiger partial charge in [-0.05, 0) is 36.8 Å². The number of hydrogen-bond acceptors (Lipinski definition) is 5. The lowest BCUT2D eigenvalue weighted by Crippen LogP contribution is -2.33. The van der Waals surface area contributed by atoms with Crippen molar-refractivity contribution >= 4 is 34.6 Å². The summed E-state index contributed by atoms with van der Waals surface area (Å²) in [5.74, 6) is 0.689. The van der Waals surface area contributed by atoms with Gasteiger partial charge in [0.05, 0.1) is 16.7 Å². The van der Waals surface area contributed by atoms with Gasteiger partial charge in [0, 0.05) is 28.6 Å². The number of hydrogen-bond donors (Lipinski definition) is 0. The van der Waals surface area contributed by atoms with E-state index < -0.39 is 11.2 Å². The molecule has 2 aliphatic heterocycles. The van der Waals surface area contributed by atoms with Gasteiger partial charge >= 0.3 is 0 Å². The lowest BCUT2D eigenvalue weighted by Gasteiger charge is -2.38. The van der Waals surface area contributed by atoms with Crippen LogP contribution in [0.4, 0.5) is 5.69 Å². The lowest BCUT2D eigenvalue weighted by atomic mass is 9.95. The Kier molecular flexibility index (Phi) is 4.84. The summed E-state index contributed by atoms with van der Waals surface area (Å²) in [5.41, 5.74) is 4.52. The zero-order valence-electron chi connectivity index (χ0n) is 16.5. The third kappa shape index (κ3) is 3.52. The summed E-state index contributed by atoms with van der Waals surface area (Å²) in [6.45, 7) is 2.04. The van der Waals surface area contributed by atoms with E-state index in [0.29, 0.717) is 22.8 Å². The highest BCUT2D eigenvalue weighted by Crippen LogP contribution is 2.48. The molecular weight excluding hydrogens is 437 g/mol. The van der Waals surface area contributed by atoms with Crippen molar-refractivity contribution < 1.29 is 9.66 Å². The fourth-order valence-electron chi connectivity index (χ4n) is 4.02. The highest BCUT2D eigenvalue weighted by molar-refractivity contribution is 6.32. The smallest absolute Gasteiger partial charge is 0.288 e. The van der Waals surface area contributed by atoms with Crippen LogP contribution in [-0.2, 0) is 0 Å². The number of aryl methyl sites for hydroxylation is 1. The van der Waals surface area contributed by atoms with Crippen LogP contribution in [0.25, 0.3) is 0 Å². The van der Waals surface area contributed by atoms with Crippen LogP contribution in [0.5, 0.6) is 5.75 Å². The minimum atomic E-state index is -0.627. The number of nitro groups is 1. The fraction of sp³-hybridized carbons (Fsp3) is 0.174.